The summed E-state index contributed by atoms with van der Waals surface area (Å²) in [5.41, 5.74) is 1.42. The molecule has 0 radical (unpaired) electrons. The van der Waals surface area contributed by atoms with E-state index in [1.807, 2.05) is 0 Å². The van der Waals surface area contributed by atoms with E-state index in [0.717, 1.165) is 19.5 Å². The highest BCUT2D eigenvalue weighted by molar-refractivity contribution is 5.18. The summed E-state index contributed by atoms with van der Waals surface area (Å²) in [7, 11) is 0. The van der Waals surface area contributed by atoms with Gasteiger partial charge in [0, 0.05) is 0 Å². The first-order chi connectivity index (χ1) is 13.8. The molecule has 2 rings (SSSR count). The van der Waals surface area contributed by atoms with Crippen LogP contribution in [0.4, 0.5) is 0 Å². The molecule has 2 heteroatoms. The van der Waals surface area contributed by atoms with E-state index in [-0.39, 0.29) is 0 Å². The van der Waals surface area contributed by atoms with Crippen molar-refractivity contribution in [1.82, 2.24) is 4.57 Å². The number of aryl methyl sites for hydroxylation is 2. The Morgan fingerprint density at radius 3 is 2.00 bits per heavy atom. The van der Waals surface area contributed by atoms with Gasteiger partial charge in [0.2, 0.25) is 0 Å². The van der Waals surface area contributed by atoms with Crippen molar-refractivity contribution in [2.24, 2.45) is 0 Å². The first kappa shape index (κ1) is 22.7. The molecule has 1 aromatic heterocycles. The fraction of sp³-hybridized carbons (Fsp3) is 0.654. The number of benzene rings is 1. The van der Waals surface area contributed by atoms with Crippen LogP contribution in [0.2, 0.25) is 0 Å². The molecule has 156 valence electrons. The topological polar surface area (TPSA) is 8.81 Å². The highest BCUT2D eigenvalue weighted by atomic mass is 15.1. The molecule has 2 aromatic rings. The fourth-order valence-electron chi connectivity index (χ4n) is 4.01. The van der Waals surface area contributed by atoms with E-state index in [2.05, 4.69) is 65.7 Å². The van der Waals surface area contributed by atoms with Crippen LogP contribution in [0, 0.1) is 0 Å². The Labute approximate surface area is 174 Å². The van der Waals surface area contributed by atoms with E-state index in [1.165, 1.54) is 88.4 Å². The van der Waals surface area contributed by atoms with Gasteiger partial charge in [-0.15, -0.1) is 0 Å². The average Bonchev–Trinajstić information content (AvgIpc) is 3.09. The average molecular weight is 384 g/mol. The molecular formula is C26H43N2+. The summed E-state index contributed by atoms with van der Waals surface area (Å²) in [6.45, 7) is 6.91. The summed E-state index contributed by atoms with van der Waals surface area (Å²) in [4.78, 5) is 0. The SMILES string of the molecule is CCCCCCCCn1cc[n+](CCCCCCCC)c1Cc1ccccc1. The molecule has 0 saturated carbocycles. The maximum atomic E-state index is 2.52. The maximum absolute atomic E-state index is 2.52. The maximum Gasteiger partial charge on any atom is 0.260 e. The normalized spacial score (nSPS) is 11.2. The van der Waals surface area contributed by atoms with Crippen molar-refractivity contribution in [1.29, 1.82) is 0 Å². The van der Waals surface area contributed by atoms with Crippen LogP contribution >= 0.6 is 0 Å². The molecule has 1 heterocycles. The van der Waals surface area contributed by atoms with Crippen molar-refractivity contribution in [2.75, 3.05) is 0 Å². The lowest BCUT2D eigenvalue weighted by molar-refractivity contribution is -0.703. The van der Waals surface area contributed by atoms with Gasteiger partial charge in [-0.2, -0.15) is 0 Å². The van der Waals surface area contributed by atoms with Gasteiger partial charge < -0.3 is 0 Å². The molecule has 0 atom stereocenters. The molecule has 0 aliphatic rings. The van der Waals surface area contributed by atoms with Crippen LogP contribution in [0.1, 0.15) is 102 Å². The fourth-order valence-corrected chi connectivity index (χ4v) is 4.01. The van der Waals surface area contributed by atoms with Crippen LogP contribution in [-0.4, -0.2) is 4.57 Å². The second-order valence-corrected chi connectivity index (χ2v) is 8.30. The molecule has 0 aliphatic carbocycles. The lowest BCUT2D eigenvalue weighted by Gasteiger charge is -2.07. The van der Waals surface area contributed by atoms with Crippen LogP contribution in [0.15, 0.2) is 42.7 Å². The first-order valence-electron chi connectivity index (χ1n) is 12.0. The van der Waals surface area contributed by atoms with E-state index < -0.39 is 0 Å². The summed E-state index contributed by atoms with van der Waals surface area (Å²) in [5, 5.41) is 0. The molecule has 0 aliphatic heterocycles. The summed E-state index contributed by atoms with van der Waals surface area (Å²) < 4.78 is 5.04. The van der Waals surface area contributed by atoms with Crippen LogP contribution < -0.4 is 4.57 Å². The number of rotatable bonds is 16. The van der Waals surface area contributed by atoms with Crippen LogP contribution in [-0.2, 0) is 19.5 Å². The van der Waals surface area contributed by atoms with Gasteiger partial charge in [-0.1, -0.05) is 95.5 Å². The Morgan fingerprint density at radius 1 is 0.714 bits per heavy atom. The number of imidazole rings is 1. The molecule has 0 fully saturated rings. The molecule has 0 spiro atoms. The number of hydrogen-bond donors (Lipinski definition) is 0. The summed E-state index contributed by atoms with van der Waals surface area (Å²) in [6, 6.07) is 11.0. The van der Waals surface area contributed by atoms with Crippen molar-refractivity contribution in [3.05, 3.63) is 54.1 Å². The molecule has 0 bridgehead atoms. The van der Waals surface area contributed by atoms with E-state index in [9.17, 15) is 0 Å². The van der Waals surface area contributed by atoms with E-state index in [0.29, 0.717) is 0 Å². The van der Waals surface area contributed by atoms with Gasteiger partial charge in [-0.05, 0) is 31.2 Å². The monoisotopic (exact) mass is 383 g/mol. The Morgan fingerprint density at radius 2 is 1.32 bits per heavy atom. The first-order valence-corrected chi connectivity index (χ1v) is 12.0. The Kier molecular flexibility index (Phi) is 11.7. The third-order valence-electron chi connectivity index (χ3n) is 5.80. The zero-order valence-electron chi connectivity index (χ0n) is 18.5. The minimum absolute atomic E-state index is 1.04. The highest BCUT2D eigenvalue weighted by Crippen LogP contribution is 2.11. The Hall–Kier alpha value is -1.57. The second kappa shape index (κ2) is 14.4. The molecule has 0 amide bonds. The predicted molar refractivity (Wildman–Crippen MR) is 121 cm³/mol. The van der Waals surface area contributed by atoms with Gasteiger partial charge in [0.25, 0.3) is 5.82 Å². The van der Waals surface area contributed by atoms with Gasteiger partial charge in [0.05, 0.1) is 19.5 Å². The highest BCUT2D eigenvalue weighted by Gasteiger charge is 2.17. The molecule has 28 heavy (non-hydrogen) atoms. The van der Waals surface area contributed by atoms with Crippen molar-refractivity contribution < 1.29 is 4.57 Å². The largest absolute Gasteiger partial charge is 0.260 e. The quantitative estimate of drug-likeness (QED) is 0.216. The smallest absolute Gasteiger partial charge is 0.234 e. The van der Waals surface area contributed by atoms with Gasteiger partial charge in [-0.25, -0.2) is 9.13 Å². The van der Waals surface area contributed by atoms with Crippen molar-refractivity contribution in [3.63, 3.8) is 0 Å². The molecular weight excluding hydrogens is 340 g/mol. The summed E-state index contributed by atoms with van der Waals surface area (Å²) in [5.74, 6) is 1.48. The minimum Gasteiger partial charge on any atom is -0.234 e. The van der Waals surface area contributed by atoms with E-state index in [4.69, 9.17) is 0 Å². The standard InChI is InChI=1S/C26H43N2/c1-3-5-7-9-11-16-20-27-22-23-28(21-17-12-10-8-6-4-2)26(27)24-25-18-14-13-15-19-25/h13-15,18-19,22-23H,3-12,16-17,20-21,24H2,1-2H3/q+1. The number of nitrogens with zero attached hydrogens (tertiary/aromatic N) is 2. The van der Waals surface area contributed by atoms with Crippen molar-refractivity contribution >= 4 is 0 Å². The van der Waals surface area contributed by atoms with Crippen molar-refractivity contribution in [3.8, 4) is 0 Å². The lowest BCUT2D eigenvalue weighted by Crippen LogP contribution is -2.37. The van der Waals surface area contributed by atoms with E-state index in [1.54, 1.807) is 0 Å². The molecule has 0 N–H and O–H groups in total. The number of unbranched alkanes of at least 4 members (excludes halogenated alkanes) is 10. The van der Waals surface area contributed by atoms with Crippen LogP contribution in [0.3, 0.4) is 0 Å². The Balaban J connectivity index is 1.90. The molecule has 2 nitrogen and oxygen atoms in total. The molecule has 0 unspecified atom stereocenters. The zero-order valence-corrected chi connectivity index (χ0v) is 18.5. The van der Waals surface area contributed by atoms with Gasteiger partial charge in [0.15, 0.2) is 0 Å². The van der Waals surface area contributed by atoms with E-state index >= 15 is 0 Å². The minimum atomic E-state index is 1.04. The predicted octanol–water partition coefficient (Wildman–Crippen LogP) is 7.09. The summed E-state index contributed by atoms with van der Waals surface area (Å²) in [6.07, 6.45) is 22.0. The van der Waals surface area contributed by atoms with Gasteiger partial charge in [-0.3, -0.25) is 0 Å². The third-order valence-corrected chi connectivity index (χ3v) is 5.80. The zero-order chi connectivity index (χ0) is 19.9. The molecule has 1 aromatic carbocycles. The van der Waals surface area contributed by atoms with Crippen LogP contribution in [0.25, 0.3) is 0 Å². The molecule has 0 saturated heterocycles. The second-order valence-electron chi connectivity index (χ2n) is 8.30. The number of aromatic nitrogens is 2. The number of hydrogen-bond acceptors (Lipinski definition) is 0. The summed E-state index contributed by atoms with van der Waals surface area (Å²) >= 11 is 0. The van der Waals surface area contributed by atoms with Crippen LogP contribution in [0.5, 0.6) is 0 Å². The van der Waals surface area contributed by atoms with Gasteiger partial charge >= 0.3 is 0 Å². The third kappa shape index (κ3) is 8.63. The van der Waals surface area contributed by atoms with Crippen molar-refractivity contribution in [2.45, 2.75) is 110 Å². The van der Waals surface area contributed by atoms with Gasteiger partial charge in [0.1, 0.15) is 12.4 Å². The Bertz CT molecular complexity index is 581. The lowest BCUT2D eigenvalue weighted by atomic mass is 10.1.